The molecule has 0 bridgehead atoms. The molecule has 0 saturated carbocycles. The molecule has 7 nitrogen and oxygen atoms in total. The summed E-state index contributed by atoms with van der Waals surface area (Å²) in [7, 11) is 1.83. The van der Waals surface area contributed by atoms with Gasteiger partial charge < -0.3 is 10.2 Å². The van der Waals surface area contributed by atoms with E-state index in [0.717, 1.165) is 16.8 Å². The zero-order valence-electron chi connectivity index (χ0n) is 17.7. The highest BCUT2D eigenvalue weighted by atomic mass is 16.2. The number of aryl methyl sites for hydroxylation is 2. The first kappa shape index (κ1) is 20.9. The number of carbonyl (C=O) groups excluding carboxylic acids is 2. The van der Waals surface area contributed by atoms with E-state index in [1.54, 1.807) is 9.58 Å². The highest BCUT2D eigenvalue weighted by Gasteiger charge is 2.25. The fourth-order valence-electron chi connectivity index (χ4n) is 3.06. The van der Waals surface area contributed by atoms with Crippen molar-refractivity contribution in [1.29, 1.82) is 0 Å². The Morgan fingerprint density at radius 3 is 2.44 bits per heavy atom. The Hall–Kier alpha value is -2.44. The van der Waals surface area contributed by atoms with Gasteiger partial charge in [-0.15, -0.1) is 0 Å². The molecule has 0 fully saturated rings. The predicted molar refractivity (Wildman–Crippen MR) is 107 cm³/mol. The standard InChI is InChI=1S/C20H31N5O2/c1-9-25(11-16(26)22-20(5,6)7)19(27)14-10-15(12(2)3)21-18-17(14)13(4)23-24(18)8/h10,12H,9,11H2,1-8H3,(H,22,26). The van der Waals surface area contributed by atoms with E-state index >= 15 is 0 Å². The molecule has 0 aromatic carbocycles. The second-order valence-electron chi connectivity index (χ2n) is 8.27. The van der Waals surface area contributed by atoms with Gasteiger partial charge in [-0.05, 0) is 46.6 Å². The average Bonchev–Trinajstić information content (AvgIpc) is 2.84. The van der Waals surface area contributed by atoms with E-state index in [2.05, 4.69) is 15.4 Å². The Morgan fingerprint density at radius 2 is 1.93 bits per heavy atom. The molecule has 7 heteroatoms. The molecule has 0 saturated heterocycles. The molecule has 0 unspecified atom stereocenters. The summed E-state index contributed by atoms with van der Waals surface area (Å²) in [5, 5.41) is 8.09. The van der Waals surface area contributed by atoms with Crippen molar-refractivity contribution in [3.8, 4) is 0 Å². The molecule has 2 amide bonds. The lowest BCUT2D eigenvalue weighted by Gasteiger charge is -2.25. The summed E-state index contributed by atoms with van der Waals surface area (Å²) in [4.78, 5) is 31.9. The lowest BCUT2D eigenvalue weighted by atomic mass is 10.0. The van der Waals surface area contributed by atoms with E-state index in [1.807, 2.05) is 61.6 Å². The summed E-state index contributed by atoms with van der Waals surface area (Å²) in [6.07, 6.45) is 0. The molecule has 0 aliphatic rings. The minimum atomic E-state index is -0.339. The number of hydrogen-bond donors (Lipinski definition) is 1. The minimum absolute atomic E-state index is 0.0206. The maximum absolute atomic E-state index is 13.3. The third-order valence-corrected chi connectivity index (χ3v) is 4.33. The van der Waals surface area contributed by atoms with Gasteiger partial charge in [-0.2, -0.15) is 5.10 Å². The molecule has 1 N–H and O–H groups in total. The number of aromatic nitrogens is 3. The molecule has 2 heterocycles. The summed E-state index contributed by atoms with van der Waals surface area (Å²) in [5.74, 6) is -0.169. The van der Waals surface area contributed by atoms with Crippen LogP contribution in [0.4, 0.5) is 0 Å². The summed E-state index contributed by atoms with van der Waals surface area (Å²) in [5.41, 5.74) is 2.50. The second kappa shape index (κ2) is 7.66. The normalized spacial score (nSPS) is 11.9. The molecule has 0 aliphatic heterocycles. The van der Waals surface area contributed by atoms with Gasteiger partial charge in [-0.3, -0.25) is 14.3 Å². The second-order valence-corrected chi connectivity index (χ2v) is 8.27. The van der Waals surface area contributed by atoms with Crippen LogP contribution >= 0.6 is 0 Å². The van der Waals surface area contributed by atoms with Crippen LogP contribution in [-0.2, 0) is 11.8 Å². The van der Waals surface area contributed by atoms with Gasteiger partial charge in [-0.1, -0.05) is 13.8 Å². The number of amides is 2. The lowest BCUT2D eigenvalue weighted by Crippen LogP contribution is -2.47. The van der Waals surface area contributed by atoms with Crippen molar-refractivity contribution in [1.82, 2.24) is 25.0 Å². The zero-order chi connectivity index (χ0) is 20.5. The van der Waals surface area contributed by atoms with Crippen LogP contribution in [0, 0.1) is 6.92 Å². The first-order valence-electron chi connectivity index (χ1n) is 9.39. The number of nitrogens with zero attached hydrogens (tertiary/aromatic N) is 4. The molecule has 0 radical (unpaired) electrons. The third-order valence-electron chi connectivity index (χ3n) is 4.33. The maximum atomic E-state index is 13.3. The smallest absolute Gasteiger partial charge is 0.255 e. The van der Waals surface area contributed by atoms with Gasteiger partial charge in [0.1, 0.15) is 0 Å². The van der Waals surface area contributed by atoms with Gasteiger partial charge in [0.05, 0.1) is 23.2 Å². The van der Waals surface area contributed by atoms with E-state index < -0.39 is 0 Å². The summed E-state index contributed by atoms with van der Waals surface area (Å²) in [6.45, 7) is 14.1. The van der Waals surface area contributed by atoms with E-state index in [0.29, 0.717) is 17.8 Å². The number of hydrogen-bond acceptors (Lipinski definition) is 4. The van der Waals surface area contributed by atoms with E-state index in [1.165, 1.54) is 0 Å². The summed E-state index contributed by atoms with van der Waals surface area (Å²) >= 11 is 0. The molecule has 2 aromatic heterocycles. The van der Waals surface area contributed by atoms with Crippen molar-refractivity contribution >= 4 is 22.8 Å². The predicted octanol–water partition coefficient (Wildman–Crippen LogP) is 2.78. The Labute approximate surface area is 161 Å². The lowest BCUT2D eigenvalue weighted by molar-refractivity contribution is -0.123. The van der Waals surface area contributed by atoms with Gasteiger partial charge in [0.25, 0.3) is 5.91 Å². The van der Waals surface area contributed by atoms with Crippen LogP contribution < -0.4 is 5.32 Å². The highest BCUT2D eigenvalue weighted by molar-refractivity contribution is 6.07. The number of nitrogens with one attached hydrogen (secondary N) is 1. The van der Waals surface area contributed by atoms with Gasteiger partial charge in [0.2, 0.25) is 5.91 Å². The quantitative estimate of drug-likeness (QED) is 0.874. The van der Waals surface area contributed by atoms with E-state index in [-0.39, 0.29) is 29.8 Å². The molecular weight excluding hydrogens is 342 g/mol. The topological polar surface area (TPSA) is 80.1 Å². The van der Waals surface area contributed by atoms with Crippen LogP contribution in [0.3, 0.4) is 0 Å². The number of fused-ring (bicyclic) bond motifs is 1. The zero-order valence-corrected chi connectivity index (χ0v) is 17.7. The van der Waals surface area contributed by atoms with Crippen molar-refractivity contribution in [3.05, 3.63) is 23.0 Å². The fraction of sp³-hybridized carbons (Fsp3) is 0.600. The molecule has 0 aliphatic carbocycles. The number of carbonyl (C=O) groups is 2. The van der Waals surface area contributed by atoms with Crippen LogP contribution in [0.1, 0.15) is 69.2 Å². The molecule has 0 atom stereocenters. The maximum Gasteiger partial charge on any atom is 0.255 e. The van der Waals surface area contributed by atoms with Gasteiger partial charge in [0, 0.05) is 24.8 Å². The Balaban J connectivity index is 2.46. The van der Waals surface area contributed by atoms with Crippen LogP contribution in [0.15, 0.2) is 6.07 Å². The summed E-state index contributed by atoms with van der Waals surface area (Å²) in [6, 6.07) is 1.84. The van der Waals surface area contributed by atoms with Gasteiger partial charge in [0.15, 0.2) is 5.65 Å². The van der Waals surface area contributed by atoms with E-state index in [4.69, 9.17) is 0 Å². The number of likely N-dealkylation sites (N-methyl/N-ethyl adjacent to an activating group) is 1. The molecular formula is C20H31N5O2. The van der Waals surface area contributed by atoms with Crippen molar-refractivity contribution in [2.75, 3.05) is 13.1 Å². The Bertz CT molecular complexity index is 861. The highest BCUT2D eigenvalue weighted by Crippen LogP contribution is 2.26. The number of pyridine rings is 1. The third kappa shape index (κ3) is 4.64. The van der Waals surface area contributed by atoms with Crippen LogP contribution in [0.2, 0.25) is 0 Å². The monoisotopic (exact) mass is 373 g/mol. The van der Waals surface area contributed by atoms with Crippen molar-refractivity contribution in [3.63, 3.8) is 0 Å². The van der Waals surface area contributed by atoms with Gasteiger partial charge in [-0.25, -0.2) is 4.98 Å². The first-order valence-corrected chi connectivity index (χ1v) is 9.39. The SMILES string of the molecule is CCN(CC(=O)NC(C)(C)C)C(=O)c1cc(C(C)C)nc2c1c(C)nn2C. The average molecular weight is 374 g/mol. The molecule has 2 rings (SSSR count). The van der Waals surface area contributed by atoms with Crippen LogP contribution in [0.5, 0.6) is 0 Å². The molecule has 0 spiro atoms. The molecule has 2 aromatic rings. The molecule has 148 valence electrons. The van der Waals surface area contributed by atoms with E-state index in [9.17, 15) is 9.59 Å². The largest absolute Gasteiger partial charge is 0.350 e. The van der Waals surface area contributed by atoms with Crippen LogP contribution in [-0.4, -0.2) is 50.1 Å². The van der Waals surface area contributed by atoms with Crippen molar-refractivity contribution in [2.24, 2.45) is 7.05 Å². The Morgan fingerprint density at radius 1 is 1.30 bits per heavy atom. The minimum Gasteiger partial charge on any atom is -0.350 e. The van der Waals surface area contributed by atoms with Crippen LogP contribution in [0.25, 0.3) is 11.0 Å². The van der Waals surface area contributed by atoms with Crippen molar-refractivity contribution in [2.45, 2.75) is 59.9 Å². The Kier molecular flexibility index (Phi) is 5.92. The molecule has 27 heavy (non-hydrogen) atoms. The summed E-state index contributed by atoms with van der Waals surface area (Å²) < 4.78 is 1.70. The fourth-order valence-corrected chi connectivity index (χ4v) is 3.06. The van der Waals surface area contributed by atoms with Gasteiger partial charge >= 0.3 is 0 Å². The first-order chi connectivity index (χ1) is 12.4. The van der Waals surface area contributed by atoms with Crippen molar-refractivity contribution < 1.29 is 9.59 Å². The number of rotatable bonds is 5.